The molecule has 0 bridgehead atoms. The summed E-state index contributed by atoms with van der Waals surface area (Å²) < 4.78 is 0. The molecule has 1 aliphatic rings. The molecule has 2 heteroatoms. The van der Waals surface area contributed by atoms with Crippen LogP contribution in [-0.2, 0) is 4.79 Å². The molecule has 0 spiro atoms. The Morgan fingerprint density at radius 1 is 1.22 bits per heavy atom. The van der Waals surface area contributed by atoms with E-state index in [0.717, 1.165) is 24.8 Å². The molecule has 0 saturated carbocycles. The zero-order valence-electron chi connectivity index (χ0n) is 13.0. The van der Waals surface area contributed by atoms with Crippen LogP contribution in [-0.4, -0.2) is 30.3 Å². The van der Waals surface area contributed by atoms with Crippen LogP contribution in [0.3, 0.4) is 0 Å². The van der Waals surface area contributed by atoms with E-state index in [9.17, 15) is 4.79 Å². The molecule has 0 amide bonds. The van der Waals surface area contributed by atoms with Gasteiger partial charge in [-0.15, -0.1) is 0 Å². The predicted molar refractivity (Wildman–Crippen MR) is 77.7 cm³/mol. The number of carbonyl (C=O) groups excluding carboxylic acids is 1. The Morgan fingerprint density at radius 3 is 2.44 bits per heavy atom. The van der Waals surface area contributed by atoms with E-state index in [0.29, 0.717) is 5.78 Å². The van der Waals surface area contributed by atoms with Crippen LogP contribution in [0.25, 0.3) is 0 Å². The van der Waals surface area contributed by atoms with Crippen molar-refractivity contribution in [1.29, 1.82) is 0 Å². The first-order valence-corrected chi connectivity index (χ1v) is 7.56. The molecule has 18 heavy (non-hydrogen) atoms. The van der Waals surface area contributed by atoms with Crippen molar-refractivity contribution in [2.45, 2.75) is 60.3 Å². The third kappa shape index (κ3) is 5.09. The van der Waals surface area contributed by atoms with Crippen molar-refractivity contribution >= 4 is 5.78 Å². The van der Waals surface area contributed by atoms with Gasteiger partial charge in [0.25, 0.3) is 0 Å². The van der Waals surface area contributed by atoms with Crippen molar-refractivity contribution in [2.75, 3.05) is 19.6 Å². The van der Waals surface area contributed by atoms with Gasteiger partial charge in [-0.05, 0) is 44.2 Å². The minimum absolute atomic E-state index is 0.174. The van der Waals surface area contributed by atoms with Crippen molar-refractivity contribution in [1.82, 2.24) is 4.90 Å². The van der Waals surface area contributed by atoms with Gasteiger partial charge in [-0.1, -0.05) is 34.6 Å². The van der Waals surface area contributed by atoms with Gasteiger partial charge in [-0.25, -0.2) is 0 Å². The summed E-state index contributed by atoms with van der Waals surface area (Å²) in [6, 6.07) is 0. The topological polar surface area (TPSA) is 20.3 Å². The van der Waals surface area contributed by atoms with E-state index in [1.54, 1.807) is 0 Å². The third-order valence-electron chi connectivity index (χ3n) is 4.30. The molecular formula is C16H31NO. The number of likely N-dealkylation sites (tertiary alicyclic amines) is 1. The normalized spacial score (nSPS) is 23.1. The molecule has 2 nitrogen and oxygen atoms in total. The summed E-state index contributed by atoms with van der Waals surface area (Å²) in [5, 5.41) is 0. The average molecular weight is 253 g/mol. The van der Waals surface area contributed by atoms with Gasteiger partial charge in [-0.2, -0.15) is 0 Å². The second kappa shape index (κ2) is 6.70. The zero-order chi connectivity index (χ0) is 13.8. The van der Waals surface area contributed by atoms with Crippen molar-refractivity contribution in [3.8, 4) is 0 Å². The molecule has 1 heterocycles. The SMILES string of the molecule is CC(C)C1CCCN(CCC(=O)C(C)(C)C)CC1. The lowest BCUT2D eigenvalue weighted by Crippen LogP contribution is -2.30. The van der Waals surface area contributed by atoms with Gasteiger partial charge < -0.3 is 4.90 Å². The van der Waals surface area contributed by atoms with E-state index < -0.39 is 0 Å². The van der Waals surface area contributed by atoms with Gasteiger partial charge in [0.05, 0.1) is 0 Å². The summed E-state index contributed by atoms with van der Waals surface area (Å²) in [6.45, 7) is 14.1. The lowest BCUT2D eigenvalue weighted by atomic mass is 9.89. The standard InChI is InChI=1S/C16H31NO/c1-13(2)14-7-6-10-17(11-8-14)12-9-15(18)16(3,4)5/h13-14H,6-12H2,1-5H3. The molecule has 0 aromatic heterocycles. The molecule has 1 rings (SSSR count). The summed E-state index contributed by atoms with van der Waals surface area (Å²) in [5.74, 6) is 2.08. The average Bonchev–Trinajstić information content (AvgIpc) is 2.49. The van der Waals surface area contributed by atoms with Crippen LogP contribution in [0, 0.1) is 17.3 Å². The highest BCUT2D eigenvalue weighted by atomic mass is 16.1. The van der Waals surface area contributed by atoms with Gasteiger partial charge >= 0.3 is 0 Å². The van der Waals surface area contributed by atoms with Crippen LogP contribution in [0.15, 0.2) is 0 Å². The smallest absolute Gasteiger partial charge is 0.139 e. The molecule has 1 aliphatic heterocycles. The Bertz CT molecular complexity index is 265. The first-order valence-electron chi connectivity index (χ1n) is 7.56. The first-order chi connectivity index (χ1) is 8.30. The van der Waals surface area contributed by atoms with Crippen LogP contribution < -0.4 is 0 Å². The maximum atomic E-state index is 11.9. The van der Waals surface area contributed by atoms with Gasteiger partial charge in [0, 0.05) is 18.4 Å². The molecule has 106 valence electrons. The fourth-order valence-electron chi connectivity index (χ4n) is 2.71. The lowest BCUT2D eigenvalue weighted by molar-refractivity contribution is -0.126. The van der Waals surface area contributed by atoms with E-state index in [1.165, 1.54) is 32.4 Å². The molecule has 0 N–H and O–H groups in total. The van der Waals surface area contributed by atoms with E-state index in [-0.39, 0.29) is 5.41 Å². The first kappa shape index (κ1) is 15.7. The largest absolute Gasteiger partial charge is 0.303 e. The van der Waals surface area contributed by atoms with Crippen LogP contribution in [0.1, 0.15) is 60.3 Å². The number of hydrogen-bond acceptors (Lipinski definition) is 2. The van der Waals surface area contributed by atoms with Gasteiger partial charge in [-0.3, -0.25) is 4.79 Å². The quantitative estimate of drug-likeness (QED) is 0.760. The van der Waals surface area contributed by atoms with Gasteiger partial charge in [0.1, 0.15) is 5.78 Å². The monoisotopic (exact) mass is 253 g/mol. The third-order valence-corrected chi connectivity index (χ3v) is 4.30. The number of hydrogen-bond donors (Lipinski definition) is 0. The Hall–Kier alpha value is -0.370. The highest BCUT2D eigenvalue weighted by Gasteiger charge is 2.23. The molecule has 1 fully saturated rings. The summed E-state index contributed by atoms with van der Waals surface area (Å²) >= 11 is 0. The van der Waals surface area contributed by atoms with E-state index in [4.69, 9.17) is 0 Å². The molecule has 1 saturated heterocycles. The van der Waals surface area contributed by atoms with Crippen molar-refractivity contribution in [3.05, 3.63) is 0 Å². The fraction of sp³-hybridized carbons (Fsp3) is 0.938. The lowest BCUT2D eigenvalue weighted by Gasteiger charge is -2.23. The Kier molecular flexibility index (Phi) is 5.84. The van der Waals surface area contributed by atoms with Crippen LogP contribution >= 0.6 is 0 Å². The minimum atomic E-state index is -0.174. The summed E-state index contributed by atoms with van der Waals surface area (Å²) in [6.07, 6.45) is 4.69. The Labute approximate surface area is 113 Å². The van der Waals surface area contributed by atoms with Crippen LogP contribution in [0.2, 0.25) is 0 Å². The molecule has 0 radical (unpaired) electrons. The summed E-state index contributed by atoms with van der Waals surface area (Å²) in [5.41, 5.74) is -0.174. The molecular weight excluding hydrogens is 222 g/mol. The van der Waals surface area contributed by atoms with E-state index >= 15 is 0 Å². The van der Waals surface area contributed by atoms with Crippen molar-refractivity contribution < 1.29 is 4.79 Å². The van der Waals surface area contributed by atoms with Crippen LogP contribution in [0.4, 0.5) is 0 Å². The molecule has 0 aliphatic carbocycles. The second-order valence-electron chi connectivity index (χ2n) is 7.20. The molecule has 1 unspecified atom stereocenters. The predicted octanol–water partition coefficient (Wildman–Crippen LogP) is 3.75. The number of nitrogens with zero attached hydrogens (tertiary/aromatic N) is 1. The number of Topliss-reactive ketones (excluding diaryl/α,β-unsaturated/α-hetero) is 1. The maximum Gasteiger partial charge on any atom is 0.139 e. The Balaban J connectivity index is 2.34. The molecule has 0 aromatic carbocycles. The Morgan fingerprint density at radius 2 is 1.89 bits per heavy atom. The van der Waals surface area contributed by atoms with Crippen molar-refractivity contribution in [3.63, 3.8) is 0 Å². The number of ketones is 1. The maximum absolute atomic E-state index is 11.9. The highest BCUT2D eigenvalue weighted by Crippen LogP contribution is 2.25. The van der Waals surface area contributed by atoms with Gasteiger partial charge in [0.2, 0.25) is 0 Å². The van der Waals surface area contributed by atoms with E-state index in [1.807, 2.05) is 20.8 Å². The van der Waals surface area contributed by atoms with Gasteiger partial charge in [0.15, 0.2) is 0 Å². The zero-order valence-corrected chi connectivity index (χ0v) is 13.0. The highest BCUT2D eigenvalue weighted by molar-refractivity contribution is 5.83. The van der Waals surface area contributed by atoms with E-state index in [2.05, 4.69) is 18.7 Å². The second-order valence-corrected chi connectivity index (χ2v) is 7.20. The summed E-state index contributed by atoms with van der Waals surface area (Å²) in [7, 11) is 0. The molecule has 1 atom stereocenters. The molecule has 0 aromatic rings. The van der Waals surface area contributed by atoms with Crippen molar-refractivity contribution in [2.24, 2.45) is 17.3 Å². The number of rotatable bonds is 4. The fourth-order valence-corrected chi connectivity index (χ4v) is 2.71. The number of carbonyl (C=O) groups is 1. The summed E-state index contributed by atoms with van der Waals surface area (Å²) in [4.78, 5) is 14.4. The van der Waals surface area contributed by atoms with Crippen LogP contribution in [0.5, 0.6) is 0 Å². The minimum Gasteiger partial charge on any atom is -0.303 e.